The van der Waals surface area contributed by atoms with E-state index < -0.39 is 17.9 Å². The van der Waals surface area contributed by atoms with Crippen LogP contribution in [-0.2, 0) is 11.3 Å². The summed E-state index contributed by atoms with van der Waals surface area (Å²) in [5, 5.41) is 15.6. The monoisotopic (exact) mass is 253 g/mol. The van der Waals surface area contributed by atoms with Crippen molar-refractivity contribution in [3.05, 3.63) is 18.0 Å². The Kier molecular flexibility index (Phi) is 4.88. The van der Waals surface area contributed by atoms with E-state index in [2.05, 4.69) is 10.4 Å². The molecule has 6 nitrogen and oxygen atoms in total. The van der Waals surface area contributed by atoms with Crippen molar-refractivity contribution in [1.29, 1.82) is 0 Å². The Hall–Kier alpha value is -1.85. The number of nitrogens with zero attached hydrogens (tertiary/aromatic N) is 2. The predicted molar refractivity (Wildman–Crippen MR) is 66.2 cm³/mol. The lowest BCUT2D eigenvalue weighted by molar-refractivity contribution is -0.140. The molecular weight excluding hydrogens is 234 g/mol. The van der Waals surface area contributed by atoms with E-state index in [4.69, 9.17) is 5.11 Å². The minimum Gasteiger partial charge on any atom is -0.480 e. The third-order valence-electron chi connectivity index (χ3n) is 2.99. The van der Waals surface area contributed by atoms with E-state index in [-0.39, 0.29) is 5.92 Å². The van der Waals surface area contributed by atoms with Crippen LogP contribution in [0, 0.1) is 5.92 Å². The second-order valence-corrected chi connectivity index (χ2v) is 4.26. The second kappa shape index (κ2) is 6.18. The molecule has 6 heteroatoms. The lowest BCUT2D eigenvalue weighted by atomic mass is 9.99. The van der Waals surface area contributed by atoms with Gasteiger partial charge in [0.05, 0.1) is 11.8 Å². The molecule has 1 aromatic heterocycles. The Morgan fingerprint density at radius 3 is 2.61 bits per heavy atom. The number of aryl methyl sites for hydroxylation is 1. The Morgan fingerprint density at radius 2 is 2.17 bits per heavy atom. The largest absolute Gasteiger partial charge is 0.480 e. The van der Waals surface area contributed by atoms with E-state index in [0.29, 0.717) is 18.5 Å². The quantitative estimate of drug-likeness (QED) is 0.796. The first-order chi connectivity index (χ1) is 8.49. The number of nitrogens with one attached hydrogen (secondary N) is 1. The van der Waals surface area contributed by atoms with Crippen LogP contribution in [-0.4, -0.2) is 32.8 Å². The van der Waals surface area contributed by atoms with Crippen molar-refractivity contribution in [3.63, 3.8) is 0 Å². The molecule has 1 aromatic rings. The number of hydrogen-bond acceptors (Lipinski definition) is 3. The number of aromatic nitrogens is 2. The highest BCUT2D eigenvalue weighted by molar-refractivity contribution is 5.96. The van der Waals surface area contributed by atoms with Crippen molar-refractivity contribution in [2.75, 3.05) is 0 Å². The summed E-state index contributed by atoms with van der Waals surface area (Å²) in [6.45, 7) is 6.27. The molecule has 0 radical (unpaired) electrons. The van der Waals surface area contributed by atoms with E-state index in [1.807, 2.05) is 13.8 Å². The highest BCUT2D eigenvalue weighted by atomic mass is 16.4. The van der Waals surface area contributed by atoms with Gasteiger partial charge in [-0.1, -0.05) is 20.3 Å². The summed E-state index contributed by atoms with van der Waals surface area (Å²) in [6.07, 6.45) is 3.73. The minimum atomic E-state index is -1.01. The number of carboxylic acids is 1. The number of rotatable bonds is 6. The molecule has 1 amide bonds. The summed E-state index contributed by atoms with van der Waals surface area (Å²) in [7, 11) is 0. The number of carbonyl (C=O) groups is 2. The van der Waals surface area contributed by atoms with Crippen LogP contribution in [0.1, 0.15) is 37.6 Å². The number of carboxylic acid groups (broad SMARTS) is 1. The summed E-state index contributed by atoms with van der Waals surface area (Å²) in [4.78, 5) is 23.0. The third kappa shape index (κ3) is 3.32. The maximum atomic E-state index is 11.9. The molecule has 1 heterocycles. The smallest absolute Gasteiger partial charge is 0.326 e. The average Bonchev–Trinajstić information content (AvgIpc) is 2.83. The van der Waals surface area contributed by atoms with Crippen molar-refractivity contribution >= 4 is 11.9 Å². The molecule has 0 saturated carbocycles. The van der Waals surface area contributed by atoms with Gasteiger partial charge in [-0.2, -0.15) is 5.10 Å². The van der Waals surface area contributed by atoms with Crippen LogP contribution >= 0.6 is 0 Å². The fourth-order valence-electron chi connectivity index (χ4n) is 1.56. The number of hydrogen-bond donors (Lipinski definition) is 2. The highest BCUT2D eigenvalue weighted by Gasteiger charge is 2.26. The molecule has 0 saturated heterocycles. The van der Waals surface area contributed by atoms with Crippen molar-refractivity contribution in [2.24, 2.45) is 5.92 Å². The van der Waals surface area contributed by atoms with Gasteiger partial charge in [0.1, 0.15) is 6.04 Å². The minimum absolute atomic E-state index is 0.118. The molecule has 0 aromatic carbocycles. The van der Waals surface area contributed by atoms with Gasteiger partial charge in [-0.05, 0) is 12.8 Å². The van der Waals surface area contributed by atoms with Gasteiger partial charge in [-0.3, -0.25) is 9.48 Å². The topological polar surface area (TPSA) is 84.2 Å². The summed E-state index contributed by atoms with van der Waals surface area (Å²) < 4.78 is 1.62. The van der Waals surface area contributed by atoms with E-state index in [1.165, 1.54) is 6.20 Å². The highest BCUT2D eigenvalue weighted by Crippen LogP contribution is 2.09. The zero-order valence-electron chi connectivity index (χ0n) is 10.9. The van der Waals surface area contributed by atoms with E-state index in [9.17, 15) is 9.59 Å². The first-order valence-corrected chi connectivity index (χ1v) is 6.05. The fourth-order valence-corrected chi connectivity index (χ4v) is 1.56. The first-order valence-electron chi connectivity index (χ1n) is 6.05. The maximum Gasteiger partial charge on any atom is 0.326 e. The van der Waals surface area contributed by atoms with Gasteiger partial charge in [0, 0.05) is 12.7 Å². The molecule has 0 aliphatic rings. The molecule has 0 bridgehead atoms. The molecule has 2 atom stereocenters. The summed E-state index contributed by atoms with van der Waals surface area (Å²) in [6, 6.07) is -0.868. The van der Waals surface area contributed by atoms with Crippen molar-refractivity contribution in [2.45, 2.75) is 39.8 Å². The average molecular weight is 253 g/mol. The molecule has 0 aliphatic heterocycles. The number of aliphatic carboxylic acids is 1. The summed E-state index contributed by atoms with van der Waals surface area (Å²) in [5.74, 6) is -1.53. The molecular formula is C12H19N3O3. The first kappa shape index (κ1) is 14.2. The van der Waals surface area contributed by atoms with E-state index in [1.54, 1.807) is 17.8 Å². The zero-order chi connectivity index (χ0) is 13.7. The molecule has 0 fully saturated rings. The normalized spacial score (nSPS) is 13.9. The Bertz CT molecular complexity index is 428. The second-order valence-electron chi connectivity index (χ2n) is 4.26. The van der Waals surface area contributed by atoms with Crippen LogP contribution in [0.3, 0.4) is 0 Å². The van der Waals surface area contributed by atoms with Crippen LogP contribution in [0.4, 0.5) is 0 Å². The van der Waals surface area contributed by atoms with Crippen LogP contribution in [0.5, 0.6) is 0 Å². The summed E-state index contributed by atoms with van der Waals surface area (Å²) >= 11 is 0. The molecule has 18 heavy (non-hydrogen) atoms. The van der Waals surface area contributed by atoms with E-state index >= 15 is 0 Å². The van der Waals surface area contributed by atoms with Crippen LogP contribution < -0.4 is 5.32 Å². The van der Waals surface area contributed by atoms with Gasteiger partial charge in [-0.15, -0.1) is 0 Å². The Balaban J connectivity index is 2.75. The van der Waals surface area contributed by atoms with Gasteiger partial charge in [0.15, 0.2) is 0 Å². The predicted octanol–water partition coefficient (Wildman–Crippen LogP) is 1.13. The van der Waals surface area contributed by atoms with Crippen LogP contribution in [0.2, 0.25) is 0 Å². The molecule has 2 N–H and O–H groups in total. The lowest BCUT2D eigenvalue weighted by Gasteiger charge is -2.19. The number of amides is 1. The molecule has 100 valence electrons. The molecule has 0 aliphatic carbocycles. The van der Waals surface area contributed by atoms with Crippen molar-refractivity contribution in [3.8, 4) is 0 Å². The molecule has 0 spiro atoms. The Labute approximate surface area is 106 Å². The van der Waals surface area contributed by atoms with Crippen molar-refractivity contribution in [1.82, 2.24) is 15.1 Å². The maximum absolute atomic E-state index is 11.9. The van der Waals surface area contributed by atoms with Gasteiger partial charge >= 0.3 is 5.97 Å². The fraction of sp³-hybridized carbons (Fsp3) is 0.583. The lowest BCUT2D eigenvalue weighted by Crippen LogP contribution is -2.44. The third-order valence-corrected chi connectivity index (χ3v) is 2.99. The standard InChI is InChI=1S/C12H19N3O3/c1-4-8(3)10(12(17)18)14-11(16)9-6-13-15(5-2)7-9/h6-8,10H,4-5H2,1-3H3,(H,14,16)(H,17,18). The van der Waals surface area contributed by atoms with Gasteiger partial charge < -0.3 is 10.4 Å². The van der Waals surface area contributed by atoms with E-state index in [0.717, 1.165) is 0 Å². The van der Waals surface area contributed by atoms with Crippen LogP contribution in [0.15, 0.2) is 12.4 Å². The van der Waals surface area contributed by atoms with Crippen molar-refractivity contribution < 1.29 is 14.7 Å². The van der Waals surface area contributed by atoms with Gasteiger partial charge in [0.2, 0.25) is 0 Å². The van der Waals surface area contributed by atoms with Gasteiger partial charge in [-0.25, -0.2) is 4.79 Å². The zero-order valence-corrected chi connectivity index (χ0v) is 10.9. The SMILES string of the molecule is CCC(C)C(NC(=O)c1cnn(CC)c1)C(=O)O. The molecule has 1 rings (SSSR count). The van der Waals surface area contributed by atoms with Gasteiger partial charge in [0.25, 0.3) is 5.91 Å². The summed E-state index contributed by atoms with van der Waals surface area (Å²) in [5.41, 5.74) is 0.381. The molecule has 2 unspecified atom stereocenters. The number of carbonyl (C=O) groups excluding carboxylic acids is 1. The van der Waals surface area contributed by atoms with Crippen LogP contribution in [0.25, 0.3) is 0 Å². The Morgan fingerprint density at radius 1 is 1.50 bits per heavy atom.